The largest absolute Gasteiger partial charge is 0.393 e. The Kier molecular flexibility index (Phi) is 3.86. The lowest BCUT2D eigenvalue weighted by molar-refractivity contribution is 0.0764. The molecule has 18 heavy (non-hydrogen) atoms. The van der Waals surface area contributed by atoms with Crippen molar-refractivity contribution >= 4 is 5.78 Å². The number of Topliss-reactive ketones (excluding diaryl/α,β-unsaturated/α-hetero) is 1. The number of carbonyl (C=O) groups is 1. The van der Waals surface area contributed by atoms with Crippen molar-refractivity contribution in [3.63, 3.8) is 0 Å². The van der Waals surface area contributed by atoms with E-state index in [0.717, 1.165) is 36.8 Å². The maximum atomic E-state index is 12.5. The Morgan fingerprint density at radius 3 is 2.17 bits per heavy atom. The highest BCUT2D eigenvalue weighted by Gasteiger charge is 2.26. The van der Waals surface area contributed by atoms with Crippen molar-refractivity contribution in [3.8, 4) is 0 Å². The molecule has 1 aromatic rings. The summed E-state index contributed by atoms with van der Waals surface area (Å²) in [6, 6.07) is 4.12. The summed E-state index contributed by atoms with van der Waals surface area (Å²) in [4.78, 5) is 12.5. The summed E-state index contributed by atoms with van der Waals surface area (Å²) in [5, 5.41) is 9.50. The molecule has 0 aliphatic heterocycles. The van der Waals surface area contributed by atoms with Gasteiger partial charge in [0.2, 0.25) is 0 Å². The summed E-state index contributed by atoms with van der Waals surface area (Å²) in [6.07, 6.45) is 2.98. The summed E-state index contributed by atoms with van der Waals surface area (Å²) < 4.78 is 0. The van der Waals surface area contributed by atoms with Crippen LogP contribution in [-0.4, -0.2) is 17.0 Å². The van der Waals surface area contributed by atoms with E-state index < -0.39 is 0 Å². The van der Waals surface area contributed by atoms with E-state index in [4.69, 9.17) is 0 Å². The van der Waals surface area contributed by atoms with Crippen molar-refractivity contribution in [1.29, 1.82) is 0 Å². The van der Waals surface area contributed by atoms with Crippen molar-refractivity contribution in [3.05, 3.63) is 34.4 Å². The molecule has 1 saturated carbocycles. The number of benzene rings is 1. The van der Waals surface area contributed by atoms with Crippen LogP contribution in [-0.2, 0) is 0 Å². The van der Waals surface area contributed by atoms with Gasteiger partial charge in [-0.25, -0.2) is 0 Å². The van der Waals surface area contributed by atoms with Gasteiger partial charge < -0.3 is 5.11 Å². The molecule has 0 spiro atoms. The zero-order valence-electron chi connectivity index (χ0n) is 11.5. The Bertz CT molecular complexity index is 454. The van der Waals surface area contributed by atoms with Gasteiger partial charge in [-0.3, -0.25) is 4.79 Å². The predicted molar refractivity (Wildman–Crippen MR) is 72.9 cm³/mol. The Morgan fingerprint density at radius 1 is 1.00 bits per heavy atom. The smallest absolute Gasteiger partial charge is 0.166 e. The fourth-order valence-corrected chi connectivity index (χ4v) is 2.78. The third-order valence-electron chi connectivity index (χ3n) is 4.17. The molecule has 1 aliphatic carbocycles. The highest BCUT2D eigenvalue weighted by atomic mass is 16.3. The molecule has 0 aromatic heterocycles. The van der Waals surface area contributed by atoms with Crippen LogP contribution in [0.15, 0.2) is 12.1 Å². The highest BCUT2D eigenvalue weighted by Crippen LogP contribution is 2.29. The molecule has 1 aromatic carbocycles. The van der Waals surface area contributed by atoms with E-state index in [1.807, 2.05) is 13.0 Å². The lowest BCUT2D eigenvalue weighted by atomic mass is 9.81. The second-order valence-corrected chi connectivity index (χ2v) is 5.62. The van der Waals surface area contributed by atoms with Gasteiger partial charge in [0.05, 0.1) is 6.10 Å². The maximum Gasteiger partial charge on any atom is 0.166 e. The topological polar surface area (TPSA) is 37.3 Å². The summed E-state index contributed by atoms with van der Waals surface area (Å²) in [7, 11) is 0. The van der Waals surface area contributed by atoms with Crippen LogP contribution >= 0.6 is 0 Å². The van der Waals surface area contributed by atoms with E-state index in [0.29, 0.717) is 0 Å². The molecule has 0 radical (unpaired) electrons. The molecule has 1 N–H and O–H groups in total. The number of aryl methyl sites for hydroxylation is 3. The standard InChI is InChI=1S/C16H22O2/c1-10-8-12(3)15(9-11(10)2)16(18)13-4-6-14(17)7-5-13/h8-9,13-14,17H,4-7H2,1-3H3. The van der Waals surface area contributed by atoms with Crippen molar-refractivity contribution in [1.82, 2.24) is 0 Å². The van der Waals surface area contributed by atoms with Gasteiger partial charge >= 0.3 is 0 Å². The molecule has 0 atom stereocenters. The van der Waals surface area contributed by atoms with E-state index in [9.17, 15) is 9.90 Å². The monoisotopic (exact) mass is 246 g/mol. The van der Waals surface area contributed by atoms with Gasteiger partial charge in [-0.15, -0.1) is 0 Å². The molecule has 1 aliphatic rings. The third kappa shape index (κ3) is 2.64. The maximum absolute atomic E-state index is 12.5. The van der Waals surface area contributed by atoms with Crippen molar-refractivity contribution < 1.29 is 9.90 Å². The SMILES string of the molecule is Cc1cc(C)c(C(=O)C2CCC(O)CC2)cc1C. The molecule has 0 amide bonds. The summed E-state index contributed by atoms with van der Waals surface area (Å²) in [6.45, 7) is 6.14. The van der Waals surface area contributed by atoms with Crippen molar-refractivity contribution in [2.75, 3.05) is 0 Å². The molecule has 98 valence electrons. The minimum absolute atomic E-state index is 0.106. The normalized spacial score (nSPS) is 24.0. The van der Waals surface area contributed by atoms with Crippen LogP contribution in [0.4, 0.5) is 0 Å². The second-order valence-electron chi connectivity index (χ2n) is 5.62. The molecule has 2 rings (SSSR count). The first kappa shape index (κ1) is 13.3. The molecular formula is C16H22O2. The summed E-state index contributed by atoms with van der Waals surface area (Å²) in [5.74, 6) is 0.372. The number of aliphatic hydroxyl groups excluding tert-OH is 1. The third-order valence-corrected chi connectivity index (χ3v) is 4.17. The van der Waals surface area contributed by atoms with Crippen LogP contribution < -0.4 is 0 Å². The minimum Gasteiger partial charge on any atom is -0.393 e. The zero-order valence-corrected chi connectivity index (χ0v) is 11.5. The summed E-state index contributed by atoms with van der Waals surface area (Å²) in [5.41, 5.74) is 4.37. The first-order chi connectivity index (χ1) is 8.49. The van der Waals surface area contributed by atoms with E-state index in [2.05, 4.69) is 19.9 Å². The van der Waals surface area contributed by atoms with Gasteiger partial charge in [-0.2, -0.15) is 0 Å². The molecule has 2 nitrogen and oxygen atoms in total. The molecule has 0 saturated heterocycles. The lowest BCUT2D eigenvalue weighted by Gasteiger charge is -2.25. The number of hydrogen-bond donors (Lipinski definition) is 1. The molecule has 0 bridgehead atoms. The van der Waals surface area contributed by atoms with Crippen LogP contribution in [0.5, 0.6) is 0 Å². The average molecular weight is 246 g/mol. The number of rotatable bonds is 2. The number of carbonyl (C=O) groups excluding carboxylic acids is 1. The van der Waals surface area contributed by atoms with E-state index in [1.165, 1.54) is 11.1 Å². The Labute approximate surface area is 109 Å². The lowest BCUT2D eigenvalue weighted by Crippen LogP contribution is -2.25. The van der Waals surface area contributed by atoms with Gasteiger partial charge in [0.1, 0.15) is 0 Å². The Balaban J connectivity index is 2.21. The molecule has 1 fully saturated rings. The van der Waals surface area contributed by atoms with Gasteiger partial charge in [-0.1, -0.05) is 6.07 Å². The second kappa shape index (κ2) is 5.23. The molecular weight excluding hydrogens is 224 g/mol. The predicted octanol–water partition coefficient (Wildman–Crippen LogP) is 3.35. The quantitative estimate of drug-likeness (QED) is 0.813. The first-order valence-corrected chi connectivity index (χ1v) is 6.79. The van der Waals surface area contributed by atoms with Gasteiger partial charge in [-0.05, 0) is 69.2 Å². The van der Waals surface area contributed by atoms with E-state index in [1.54, 1.807) is 0 Å². The van der Waals surface area contributed by atoms with Crippen LogP contribution in [0, 0.1) is 26.7 Å². The number of hydrogen-bond acceptors (Lipinski definition) is 2. The van der Waals surface area contributed by atoms with Gasteiger partial charge in [0.25, 0.3) is 0 Å². The van der Waals surface area contributed by atoms with E-state index in [-0.39, 0.29) is 17.8 Å². The minimum atomic E-state index is -0.199. The Hall–Kier alpha value is -1.15. The molecule has 0 unspecified atom stereocenters. The fraction of sp³-hybridized carbons (Fsp3) is 0.562. The summed E-state index contributed by atoms with van der Waals surface area (Å²) >= 11 is 0. The van der Waals surface area contributed by atoms with Crippen LogP contribution in [0.25, 0.3) is 0 Å². The van der Waals surface area contributed by atoms with Crippen LogP contribution in [0.3, 0.4) is 0 Å². The van der Waals surface area contributed by atoms with Gasteiger partial charge in [0.15, 0.2) is 5.78 Å². The van der Waals surface area contributed by atoms with Crippen molar-refractivity contribution in [2.24, 2.45) is 5.92 Å². The number of ketones is 1. The highest BCUT2D eigenvalue weighted by molar-refractivity contribution is 5.99. The molecule has 0 heterocycles. The van der Waals surface area contributed by atoms with Crippen molar-refractivity contribution in [2.45, 2.75) is 52.6 Å². The Morgan fingerprint density at radius 2 is 1.56 bits per heavy atom. The number of aliphatic hydroxyl groups is 1. The van der Waals surface area contributed by atoms with Crippen LogP contribution in [0.2, 0.25) is 0 Å². The molecule has 2 heteroatoms. The fourth-order valence-electron chi connectivity index (χ4n) is 2.78. The average Bonchev–Trinajstić information content (AvgIpc) is 2.34. The zero-order chi connectivity index (χ0) is 13.3. The first-order valence-electron chi connectivity index (χ1n) is 6.79. The van der Waals surface area contributed by atoms with E-state index >= 15 is 0 Å². The van der Waals surface area contributed by atoms with Gasteiger partial charge in [0, 0.05) is 11.5 Å². The van der Waals surface area contributed by atoms with Crippen LogP contribution in [0.1, 0.15) is 52.7 Å².